The lowest BCUT2D eigenvalue weighted by molar-refractivity contribution is 0.0949. The lowest BCUT2D eigenvalue weighted by Crippen LogP contribution is -2.25. The number of ether oxygens (including phenoxy) is 1. The second-order valence-electron chi connectivity index (χ2n) is 7.35. The quantitative estimate of drug-likeness (QED) is 0.378. The highest BCUT2D eigenvalue weighted by atomic mass is 35.5. The van der Waals surface area contributed by atoms with Crippen molar-refractivity contribution in [3.05, 3.63) is 94.8 Å². The van der Waals surface area contributed by atoms with Crippen LogP contribution in [0.25, 0.3) is 11.0 Å². The summed E-state index contributed by atoms with van der Waals surface area (Å²) in [6.07, 6.45) is 0.782. The largest absolute Gasteiger partial charge is 0.492 e. The molecule has 5 nitrogen and oxygen atoms in total. The zero-order valence-electron chi connectivity index (χ0n) is 17.3. The number of nitrogens with zero attached hydrogens (tertiary/aromatic N) is 2. The van der Waals surface area contributed by atoms with Crippen LogP contribution in [0, 0.1) is 6.92 Å². The Balaban J connectivity index is 1.43. The highest BCUT2D eigenvalue weighted by molar-refractivity contribution is 6.32. The summed E-state index contributed by atoms with van der Waals surface area (Å²) in [5, 5.41) is 3.60. The zero-order valence-corrected chi connectivity index (χ0v) is 18.1. The van der Waals surface area contributed by atoms with Gasteiger partial charge in [-0.05, 0) is 49.7 Å². The van der Waals surface area contributed by atoms with Crippen molar-refractivity contribution in [2.75, 3.05) is 6.61 Å². The minimum atomic E-state index is -0.111. The summed E-state index contributed by atoms with van der Waals surface area (Å²) in [5.41, 5.74) is 3.72. The van der Waals surface area contributed by atoms with Crippen LogP contribution in [-0.4, -0.2) is 22.1 Å². The Morgan fingerprint density at radius 2 is 1.77 bits per heavy atom. The van der Waals surface area contributed by atoms with Gasteiger partial charge in [-0.1, -0.05) is 53.6 Å². The Morgan fingerprint density at radius 1 is 1.03 bits per heavy atom. The van der Waals surface area contributed by atoms with Gasteiger partial charge in [-0.25, -0.2) is 4.98 Å². The molecule has 0 radical (unpaired) electrons. The number of para-hydroxylation sites is 3. The fraction of sp³-hybridized carbons (Fsp3) is 0.200. The van der Waals surface area contributed by atoms with Crippen LogP contribution in [0.15, 0.2) is 72.8 Å². The van der Waals surface area contributed by atoms with Gasteiger partial charge in [0.25, 0.3) is 5.91 Å². The van der Waals surface area contributed by atoms with Gasteiger partial charge in [-0.3, -0.25) is 4.79 Å². The van der Waals surface area contributed by atoms with Crippen molar-refractivity contribution in [2.24, 2.45) is 0 Å². The van der Waals surface area contributed by atoms with E-state index in [2.05, 4.69) is 9.88 Å². The Kier molecular flexibility index (Phi) is 6.53. The van der Waals surface area contributed by atoms with Gasteiger partial charge in [-0.2, -0.15) is 0 Å². The monoisotopic (exact) mass is 433 g/mol. The molecular weight excluding hydrogens is 410 g/mol. The molecule has 0 aliphatic rings. The van der Waals surface area contributed by atoms with E-state index >= 15 is 0 Å². The molecule has 0 fully saturated rings. The molecular formula is C25H24ClN3O2. The van der Waals surface area contributed by atoms with Crippen LogP contribution in [0.5, 0.6) is 5.75 Å². The molecule has 6 heteroatoms. The Morgan fingerprint density at radius 3 is 2.58 bits per heavy atom. The molecule has 1 heterocycles. The van der Waals surface area contributed by atoms with E-state index in [0.29, 0.717) is 29.5 Å². The maximum Gasteiger partial charge on any atom is 0.251 e. The number of benzene rings is 3. The number of aryl methyl sites for hydroxylation is 2. The number of rotatable bonds is 8. The van der Waals surface area contributed by atoms with E-state index in [9.17, 15) is 4.79 Å². The molecule has 4 rings (SSSR count). The first-order chi connectivity index (χ1) is 15.1. The van der Waals surface area contributed by atoms with Crippen molar-refractivity contribution in [1.29, 1.82) is 0 Å². The Hall–Kier alpha value is -3.31. The van der Waals surface area contributed by atoms with Crippen LogP contribution >= 0.6 is 11.6 Å². The summed E-state index contributed by atoms with van der Waals surface area (Å²) >= 11 is 6.16. The third-order valence-electron chi connectivity index (χ3n) is 5.07. The van der Waals surface area contributed by atoms with E-state index in [-0.39, 0.29) is 5.91 Å². The average molecular weight is 434 g/mol. The minimum Gasteiger partial charge on any atom is -0.492 e. The van der Waals surface area contributed by atoms with E-state index in [1.54, 1.807) is 0 Å². The summed E-state index contributed by atoms with van der Waals surface area (Å²) < 4.78 is 7.96. The maximum atomic E-state index is 12.5. The van der Waals surface area contributed by atoms with Gasteiger partial charge in [0.05, 0.1) is 29.2 Å². The van der Waals surface area contributed by atoms with Gasteiger partial charge < -0.3 is 14.6 Å². The molecule has 1 amide bonds. The third-order valence-corrected chi connectivity index (χ3v) is 5.39. The number of hydrogen-bond donors (Lipinski definition) is 1. The summed E-state index contributed by atoms with van der Waals surface area (Å²) in [4.78, 5) is 17.3. The molecule has 0 saturated heterocycles. The molecule has 0 aliphatic heterocycles. The van der Waals surface area contributed by atoms with Crippen LogP contribution < -0.4 is 10.1 Å². The highest BCUT2D eigenvalue weighted by Gasteiger charge is 2.12. The first-order valence-corrected chi connectivity index (χ1v) is 10.7. The minimum absolute atomic E-state index is 0.111. The van der Waals surface area contributed by atoms with Crippen molar-refractivity contribution in [1.82, 2.24) is 14.9 Å². The molecule has 0 unspecified atom stereocenters. The number of carbonyl (C=O) groups excluding carboxylic acids is 1. The smallest absolute Gasteiger partial charge is 0.251 e. The number of fused-ring (bicyclic) bond motifs is 1. The van der Waals surface area contributed by atoms with Crippen LogP contribution in [0.3, 0.4) is 0 Å². The number of amides is 1. The summed E-state index contributed by atoms with van der Waals surface area (Å²) in [5.74, 6) is 1.39. The van der Waals surface area contributed by atoms with E-state index in [4.69, 9.17) is 21.3 Å². The second kappa shape index (κ2) is 9.67. The normalized spacial score (nSPS) is 10.9. The molecule has 0 spiro atoms. The van der Waals surface area contributed by atoms with Crippen LogP contribution in [0.1, 0.15) is 28.2 Å². The predicted octanol–water partition coefficient (Wildman–Crippen LogP) is 5.40. The van der Waals surface area contributed by atoms with Gasteiger partial charge in [0.15, 0.2) is 0 Å². The standard InChI is InChI=1S/C25H24ClN3O2/c1-18-11-13-19(14-12-18)25(30)27-17-24-28-21-8-3-4-9-22(21)29(24)15-6-16-31-23-10-5-2-7-20(23)26/h2-5,7-14H,6,15-17H2,1H3,(H,27,30). The number of aromatic nitrogens is 2. The summed E-state index contributed by atoms with van der Waals surface area (Å²) in [6, 6.07) is 23.0. The second-order valence-corrected chi connectivity index (χ2v) is 7.76. The lowest BCUT2D eigenvalue weighted by Gasteiger charge is -2.12. The number of halogens is 1. The Labute approximate surface area is 186 Å². The van der Waals surface area contributed by atoms with Gasteiger partial charge in [-0.15, -0.1) is 0 Å². The predicted molar refractivity (Wildman–Crippen MR) is 124 cm³/mol. The number of carbonyl (C=O) groups is 1. The molecule has 1 aromatic heterocycles. The van der Waals surface area contributed by atoms with Crippen LogP contribution in [0.4, 0.5) is 0 Å². The molecule has 158 valence electrons. The van der Waals surface area contributed by atoms with E-state index in [1.807, 2.05) is 79.7 Å². The van der Waals surface area contributed by atoms with Crippen molar-refractivity contribution in [2.45, 2.75) is 26.4 Å². The molecule has 31 heavy (non-hydrogen) atoms. The van der Waals surface area contributed by atoms with E-state index in [0.717, 1.165) is 35.4 Å². The van der Waals surface area contributed by atoms with Crippen LogP contribution in [0.2, 0.25) is 5.02 Å². The first-order valence-electron chi connectivity index (χ1n) is 10.3. The topological polar surface area (TPSA) is 56.2 Å². The Bertz CT molecular complexity index is 1190. The fourth-order valence-electron chi connectivity index (χ4n) is 3.44. The molecule has 0 saturated carbocycles. The van der Waals surface area contributed by atoms with Gasteiger partial charge in [0.1, 0.15) is 11.6 Å². The van der Waals surface area contributed by atoms with Crippen molar-refractivity contribution in [3.8, 4) is 5.75 Å². The van der Waals surface area contributed by atoms with Gasteiger partial charge >= 0.3 is 0 Å². The van der Waals surface area contributed by atoms with Crippen molar-refractivity contribution < 1.29 is 9.53 Å². The van der Waals surface area contributed by atoms with E-state index < -0.39 is 0 Å². The number of hydrogen-bond acceptors (Lipinski definition) is 3. The van der Waals surface area contributed by atoms with Crippen molar-refractivity contribution in [3.63, 3.8) is 0 Å². The molecule has 3 aromatic carbocycles. The zero-order chi connectivity index (χ0) is 21.6. The average Bonchev–Trinajstić information content (AvgIpc) is 3.14. The van der Waals surface area contributed by atoms with Crippen LogP contribution in [-0.2, 0) is 13.1 Å². The summed E-state index contributed by atoms with van der Waals surface area (Å²) in [7, 11) is 0. The third kappa shape index (κ3) is 5.06. The van der Waals surface area contributed by atoms with Crippen molar-refractivity contribution >= 4 is 28.5 Å². The lowest BCUT2D eigenvalue weighted by atomic mass is 10.1. The number of imidazole rings is 1. The first kappa shape index (κ1) is 20.9. The van der Waals surface area contributed by atoms with Gasteiger partial charge in [0, 0.05) is 12.1 Å². The molecule has 0 bridgehead atoms. The maximum absolute atomic E-state index is 12.5. The number of nitrogens with one attached hydrogen (secondary N) is 1. The van der Waals surface area contributed by atoms with Gasteiger partial charge in [0.2, 0.25) is 0 Å². The fourth-order valence-corrected chi connectivity index (χ4v) is 3.63. The molecule has 1 N–H and O–H groups in total. The van der Waals surface area contributed by atoms with E-state index in [1.165, 1.54) is 0 Å². The highest BCUT2D eigenvalue weighted by Crippen LogP contribution is 2.23. The molecule has 0 atom stereocenters. The SMILES string of the molecule is Cc1ccc(C(=O)NCc2nc3ccccc3n2CCCOc2ccccc2Cl)cc1. The summed E-state index contributed by atoms with van der Waals surface area (Å²) in [6.45, 7) is 3.61. The molecule has 4 aromatic rings. The molecule has 0 aliphatic carbocycles.